The standard InChI is InChI=1S/C12H23N3O/c1-3-4-7-16-8-5-6-13-9-12-11(2)14-10-15-12/h10,13H,3-9H2,1-2H3,(H,14,15). The van der Waals surface area contributed by atoms with Crippen LogP contribution >= 0.6 is 0 Å². The van der Waals surface area contributed by atoms with E-state index in [0.29, 0.717) is 0 Å². The Morgan fingerprint density at radius 3 is 2.88 bits per heavy atom. The van der Waals surface area contributed by atoms with E-state index in [0.717, 1.165) is 44.1 Å². The SMILES string of the molecule is CCCCOCCCNCc1nc[nH]c1C. The van der Waals surface area contributed by atoms with Gasteiger partial charge in [-0.2, -0.15) is 0 Å². The van der Waals surface area contributed by atoms with Crippen LogP contribution in [0, 0.1) is 6.92 Å². The summed E-state index contributed by atoms with van der Waals surface area (Å²) in [5.74, 6) is 0. The molecule has 1 rings (SSSR count). The third-order valence-corrected chi connectivity index (χ3v) is 2.51. The number of aryl methyl sites for hydroxylation is 1. The molecule has 4 heteroatoms. The van der Waals surface area contributed by atoms with Gasteiger partial charge in [-0.1, -0.05) is 13.3 Å². The van der Waals surface area contributed by atoms with E-state index in [9.17, 15) is 0 Å². The molecule has 0 amide bonds. The highest BCUT2D eigenvalue weighted by Gasteiger charge is 1.98. The van der Waals surface area contributed by atoms with Crippen molar-refractivity contribution in [3.63, 3.8) is 0 Å². The molecule has 0 saturated heterocycles. The van der Waals surface area contributed by atoms with Crippen molar-refractivity contribution < 1.29 is 4.74 Å². The Morgan fingerprint density at radius 1 is 1.38 bits per heavy atom. The number of imidazole rings is 1. The van der Waals surface area contributed by atoms with Crippen LogP contribution in [0.4, 0.5) is 0 Å². The van der Waals surface area contributed by atoms with Crippen LogP contribution in [-0.2, 0) is 11.3 Å². The maximum Gasteiger partial charge on any atom is 0.0925 e. The van der Waals surface area contributed by atoms with Crippen LogP contribution in [0.25, 0.3) is 0 Å². The molecule has 1 aromatic heterocycles. The molecule has 92 valence electrons. The van der Waals surface area contributed by atoms with Gasteiger partial charge in [0.05, 0.1) is 12.0 Å². The molecule has 16 heavy (non-hydrogen) atoms. The van der Waals surface area contributed by atoms with Gasteiger partial charge in [-0.15, -0.1) is 0 Å². The number of unbranched alkanes of at least 4 members (excludes halogenated alkanes) is 1. The molecule has 0 fully saturated rings. The first kappa shape index (κ1) is 13.2. The second-order valence-corrected chi connectivity index (χ2v) is 3.97. The van der Waals surface area contributed by atoms with E-state index < -0.39 is 0 Å². The molecule has 0 radical (unpaired) electrons. The average molecular weight is 225 g/mol. The Morgan fingerprint density at radius 2 is 2.19 bits per heavy atom. The molecule has 2 N–H and O–H groups in total. The van der Waals surface area contributed by atoms with Gasteiger partial charge in [0.15, 0.2) is 0 Å². The Labute approximate surface area is 97.8 Å². The summed E-state index contributed by atoms with van der Waals surface area (Å²) in [5, 5.41) is 3.36. The van der Waals surface area contributed by atoms with E-state index in [1.165, 1.54) is 12.8 Å². The summed E-state index contributed by atoms with van der Waals surface area (Å²) < 4.78 is 5.47. The highest BCUT2D eigenvalue weighted by atomic mass is 16.5. The van der Waals surface area contributed by atoms with Crippen molar-refractivity contribution in [3.8, 4) is 0 Å². The number of aromatic nitrogens is 2. The quantitative estimate of drug-likeness (QED) is 0.632. The van der Waals surface area contributed by atoms with Crippen molar-refractivity contribution in [1.29, 1.82) is 0 Å². The normalized spacial score (nSPS) is 10.9. The van der Waals surface area contributed by atoms with Gasteiger partial charge >= 0.3 is 0 Å². The van der Waals surface area contributed by atoms with Gasteiger partial charge in [0.1, 0.15) is 0 Å². The lowest BCUT2D eigenvalue weighted by Gasteiger charge is -2.04. The van der Waals surface area contributed by atoms with E-state index in [4.69, 9.17) is 4.74 Å². The minimum atomic E-state index is 0.838. The van der Waals surface area contributed by atoms with Crippen molar-refractivity contribution >= 4 is 0 Å². The topological polar surface area (TPSA) is 49.9 Å². The second-order valence-electron chi connectivity index (χ2n) is 3.97. The lowest BCUT2D eigenvalue weighted by molar-refractivity contribution is 0.128. The van der Waals surface area contributed by atoms with Gasteiger partial charge in [0.2, 0.25) is 0 Å². The van der Waals surface area contributed by atoms with E-state index in [-0.39, 0.29) is 0 Å². The number of ether oxygens (including phenoxy) is 1. The maximum atomic E-state index is 5.47. The molecule has 0 aliphatic heterocycles. The summed E-state index contributed by atoms with van der Waals surface area (Å²) in [5.41, 5.74) is 2.25. The zero-order valence-electron chi connectivity index (χ0n) is 10.4. The molecule has 4 nitrogen and oxygen atoms in total. The monoisotopic (exact) mass is 225 g/mol. The molecule has 0 aliphatic rings. The molecule has 0 atom stereocenters. The molecule has 0 bridgehead atoms. The molecule has 1 aromatic rings. The van der Waals surface area contributed by atoms with Gasteiger partial charge < -0.3 is 15.0 Å². The summed E-state index contributed by atoms with van der Waals surface area (Å²) >= 11 is 0. The molecular formula is C12H23N3O. The maximum absolute atomic E-state index is 5.47. The minimum Gasteiger partial charge on any atom is -0.381 e. The number of nitrogens with one attached hydrogen (secondary N) is 2. The third kappa shape index (κ3) is 5.28. The zero-order chi connectivity index (χ0) is 11.6. The zero-order valence-corrected chi connectivity index (χ0v) is 10.4. The van der Waals surface area contributed by atoms with Crippen LogP contribution < -0.4 is 5.32 Å². The number of hydrogen-bond donors (Lipinski definition) is 2. The Bertz CT molecular complexity index is 273. The number of H-pyrrole nitrogens is 1. The fourth-order valence-electron chi connectivity index (χ4n) is 1.42. The van der Waals surface area contributed by atoms with Crippen molar-refractivity contribution in [2.75, 3.05) is 19.8 Å². The molecule has 0 aliphatic carbocycles. The lowest BCUT2D eigenvalue weighted by atomic mass is 10.3. The van der Waals surface area contributed by atoms with E-state index >= 15 is 0 Å². The van der Waals surface area contributed by atoms with Crippen molar-refractivity contribution in [3.05, 3.63) is 17.7 Å². The largest absolute Gasteiger partial charge is 0.381 e. The highest BCUT2D eigenvalue weighted by molar-refractivity contribution is 5.07. The number of nitrogens with zero attached hydrogens (tertiary/aromatic N) is 1. The highest BCUT2D eigenvalue weighted by Crippen LogP contribution is 1.98. The van der Waals surface area contributed by atoms with Crippen LogP contribution in [0.2, 0.25) is 0 Å². The van der Waals surface area contributed by atoms with Crippen LogP contribution in [0.15, 0.2) is 6.33 Å². The second kappa shape index (κ2) is 8.30. The Hall–Kier alpha value is -0.870. The predicted molar refractivity (Wildman–Crippen MR) is 65.4 cm³/mol. The molecule has 0 spiro atoms. The van der Waals surface area contributed by atoms with Crippen molar-refractivity contribution in [2.45, 2.75) is 39.7 Å². The molecule has 0 unspecified atom stereocenters. The van der Waals surface area contributed by atoms with E-state index in [1.807, 2.05) is 6.92 Å². The fraction of sp³-hybridized carbons (Fsp3) is 0.750. The first-order valence-corrected chi connectivity index (χ1v) is 6.12. The first-order chi connectivity index (χ1) is 7.84. The molecular weight excluding hydrogens is 202 g/mol. The van der Waals surface area contributed by atoms with Gasteiger partial charge in [0, 0.05) is 25.5 Å². The summed E-state index contributed by atoms with van der Waals surface area (Å²) in [6.45, 7) is 7.79. The van der Waals surface area contributed by atoms with Gasteiger partial charge in [0.25, 0.3) is 0 Å². The van der Waals surface area contributed by atoms with Crippen LogP contribution in [0.5, 0.6) is 0 Å². The number of rotatable bonds is 9. The third-order valence-electron chi connectivity index (χ3n) is 2.51. The Balaban J connectivity index is 1.91. The smallest absolute Gasteiger partial charge is 0.0925 e. The minimum absolute atomic E-state index is 0.838. The van der Waals surface area contributed by atoms with Crippen LogP contribution in [0.3, 0.4) is 0 Å². The summed E-state index contributed by atoms with van der Waals surface area (Å²) in [6, 6.07) is 0. The van der Waals surface area contributed by atoms with Gasteiger partial charge in [-0.05, 0) is 26.3 Å². The van der Waals surface area contributed by atoms with Gasteiger partial charge in [-0.3, -0.25) is 0 Å². The van der Waals surface area contributed by atoms with Crippen LogP contribution in [-0.4, -0.2) is 29.7 Å². The predicted octanol–water partition coefficient (Wildman–Crippen LogP) is 2.01. The van der Waals surface area contributed by atoms with Crippen LogP contribution in [0.1, 0.15) is 37.6 Å². The van der Waals surface area contributed by atoms with Crippen molar-refractivity contribution in [2.24, 2.45) is 0 Å². The fourth-order valence-corrected chi connectivity index (χ4v) is 1.42. The summed E-state index contributed by atoms with van der Waals surface area (Å²) in [6.07, 6.45) is 5.17. The Kier molecular flexibility index (Phi) is 6.85. The number of hydrogen-bond acceptors (Lipinski definition) is 3. The van der Waals surface area contributed by atoms with Gasteiger partial charge in [-0.25, -0.2) is 4.98 Å². The molecule has 0 aromatic carbocycles. The first-order valence-electron chi connectivity index (χ1n) is 6.12. The number of aromatic amines is 1. The molecule has 0 saturated carbocycles. The molecule has 1 heterocycles. The average Bonchev–Trinajstić information content (AvgIpc) is 2.68. The summed E-state index contributed by atoms with van der Waals surface area (Å²) in [7, 11) is 0. The van der Waals surface area contributed by atoms with Crippen molar-refractivity contribution in [1.82, 2.24) is 15.3 Å². The summed E-state index contributed by atoms with van der Waals surface area (Å²) in [4.78, 5) is 7.29. The van der Waals surface area contributed by atoms with E-state index in [1.54, 1.807) is 6.33 Å². The van der Waals surface area contributed by atoms with E-state index in [2.05, 4.69) is 22.2 Å². The lowest BCUT2D eigenvalue weighted by Crippen LogP contribution is -2.17.